The fourth-order valence-corrected chi connectivity index (χ4v) is 5.60. The number of carbonyl (C=O) groups is 3. The van der Waals surface area contributed by atoms with Crippen molar-refractivity contribution in [3.8, 4) is 5.75 Å². The Morgan fingerprint density at radius 3 is 2.58 bits per heavy atom. The number of quaternary nitrogens is 1. The number of hydrogen-bond donors (Lipinski definition) is 4. The Labute approximate surface area is 224 Å². The van der Waals surface area contributed by atoms with Gasteiger partial charge in [-0.15, -0.1) is 0 Å². The number of Topliss-reactive ketones (excluding diaryl/α,β-unsaturated/α-hetero) is 3. The molecule has 5 rings (SSSR count). The summed E-state index contributed by atoms with van der Waals surface area (Å²) < 4.78 is 17.3. The Balaban J connectivity index is 0.00000336. The van der Waals surface area contributed by atoms with Gasteiger partial charge in [0.25, 0.3) is 0 Å². The van der Waals surface area contributed by atoms with Crippen LogP contribution in [0.5, 0.6) is 5.75 Å². The fraction of sp³-hybridized carbons (Fsp3) is 0.444. The first-order valence-electron chi connectivity index (χ1n) is 12.2. The molecule has 0 saturated carbocycles. The molecule has 0 radical (unpaired) electrons. The molecule has 11 heteroatoms. The summed E-state index contributed by atoms with van der Waals surface area (Å²) in [5.74, 6) is -1.26. The number of carbonyl (C=O) groups excluding carboxylic acids is 3. The highest BCUT2D eigenvalue weighted by molar-refractivity contribution is 6.29. The number of aliphatic hydroxyl groups excluding tert-OH is 2. The zero-order valence-corrected chi connectivity index (χ0v) is 21.7. The maximum Gasteiger partial charge on any atom is 0.192 e. The summed E-state index contributed by atoms with van der Waals surface area (Å²) in [7, 11) is 1.52. The second-order valence-corrected chi connectivity index (χ2v) is 10.0. The van der Waals surface area contributed by atoms with Gasteiger partial charge in [-0.05, 0) is 30.5 Å². The Morgan fingerprint density at radius 1 is 1.21 bits per heavy atom. The molecule has 1 aliphatic heterocycles. The zero-order chi connectivity index (χ0) is 26.6. The zero-order valence-electron chi connectivity index (χ0n) is 21.0. The van der Waals surface area contributed by atoms with E-state index in [0.29, 0.717) is 16.5 Å². The molecule has 10 nitrogen and oxygen atoms in total. The number of ether oxygens (including phenoxy) is 3. The predicted molar refractivity (Wildman–Crippen MR) is 129 cm³/mol. The van der Waals surface area contributed by atoms with Crippen LogP contribution in [-0.4, -0.2) is 82.6 Å². The molecular weight excluding hydrogens is 518 g/mol. The predicted octanol–water partition coefficient (Wildman–Crippen LogP) is -2.89. The van der Waals surface area contributed by atoms with Gasteiger partial charge in [-0.25, -0.2) is 0 Å². The molecule has 3 aliphatic rings. The van der Waals surface area contributed by atoms with Crippen molar-refractivity contribution in [1.82, 2.24) is 0 Å². The van der Waals surface area contributed by atoms with E-state index >= 15 is 0 Å². The van der Waals surface area contributed by atoms with E-state index in [9.17, 15) is 29.7 Å². The molecule has 6 N–H and O–H groups in total. The molecule has 0 amide bonds. The number of fused-ring (bicyclic) bond motifs is 2. The van der Waals surface area contributed by atoms with Crippen molar-refractivity contribution in [2.45, 2.75) is 62.4 Å². The highest BCUT2D eigenvalue weighted by atomic mass is 35.5. The van der Waals surface area contributed by atoms with Crippen LogP contribution in [0, 0.1) is 0 Å². The first-order chi connectivity index (χ1) is 17.6. The van der Waals surface area contributed by atoms with E-state index in [1.54, 1.807) is 37.3 Å². The molecular formula is C27H30ClNO9. The number of ketones is 3. The largest absolute Gasteiger partial charge is 1.00 e. The standard InChI is InChI=1S/C27H29NO9.ClH/c1-12-24(31)18(28)8-22(36-12)37-20-10-27(34,21(30)11-29)9-17-23(20)26(33)16-7-14-13(6-15(16)25(17)32)4-3-5-19(14)35-2;/h3-7,12,18,20,22,24,29,31,34H,8-11,28H2,1-2H3;1H/t12-,18-,20+,22-,24+,27+;/m1./s1. The fourth-order valence-electron chi connectivity index (χ4n) is 5.60. The molecule has 0 unspecified atom stereocenters. The van der Waals surface area contributed by atoms with E-state index in [-0.39, 0.29) is 47.5 Å². The van der Waals surface area contributed by atoms with Crippen LogP contribution in [0.3, 0.4) is 0 Å². The molecule has 2 aromatic rings. The Hall–Kier alpha value is -2.70. The van der Waals surface area contributed by atoms with E-state index in [4.69, 9.17) is 14.2 Å². The molecule has 2 aromatic carbocycles. The summed E-state index contributed by atoms with van der Waals surface area (Å²) in [6.07, 6.45) is -4.01. The highest BCUT2D eigenvalue weighted by Crippen LogP contribution is 2.43. The molecule has 0 bridgehead atoms. The highest BCUT2D eigenvalue weighted by Gasteiger charge is 2.51. The third kappa shape index (κ3) is 4.56. The Kier molecular flexibility index (Phi) is 7.79. The minimum Gasteiger partial charge on any atom is -1.00 e. The van der Waals surface area contributed by atoms with Crippen molar-refractivity contribution >= 4 is 28.1 Å². The topological polar surface area (TPSA) is 167 Å². The SMILES string of the molecule is COc1cccc2cc3c(cc12)C(=O)C1=C(C[C@@](O)(C(=O)CO)C[C@@H]1O[C@@H]1C[C@@H]([NH3+])[C@@H](O)[C@@H](C)O1)C3=O.[Cl-]. The first-order valence-corrected chi connectivity index (χ1v) is 12.2. The van der Waals surface area contributed by atoms with Crippen molar-refractivity contribution in [2.75, 3.05) is 13.7 Å². The molecule has 2 aliphatic carbocycles. The summed E-state index contributed by atoms with van der Waals surface area (Å²) in [5, 5.41) is 32.3. The van der Waals surface area contributed by atoms with E-state index in [1.165, 1.54) is 7.11 Å². The van der Waals surface area contributed by atoms with Gasteiger partial charge in [-0.2, -0.15) is 0 Å². The maximum absolute atomic E-state index is 13.9. The molecule has 0 spiro atoms. The number of hydrogen-bond acceptors (Lipinski definition) is 9. The van der Waals surface area contributed by atoms with Gasteiger partial charge in [-0.1, -0.05) is 12.1 Å². The van der Waals surface area contributed by atoms with Crippen LogP contribution >= 0.6 is 0 Å². The number of methoxy groups -OCH3 is 1. The third-order valence-corrected chi connectivity index (χ3v) is 7.65. The van der Waals surface area contributed by atoms with Gasteiger partial charge in [0.2, 0.25) is 0 Å². The quantitative estimate of drug-likeness (QED) is 0.307. The maximum atomic E-state index is 13.9. The van der Waals surface area contributed by atoms with E-state index in [2.05, 4.69) is 5.73 Å². The second-order valence-electron chi connectivity index (χ2n) is 10.0. The van der Waals surface area contributed by atoms with Gasteiger partial charge in [-0.3, -0.25) is 14.4 Å². The Morgan fingerprint density at radius 2 is 1.92 bits per heavy atom. The minimum absolute atomic E-state index is 0. The number of rotatable bonds is 5. The monoisotopic (exact) mass is 547 g/mol. The second kappa shape index (κ2) is 10.5. The number of halogens is 1. The summed E-state index contributed by atoms with van der Waals surface area (Å²) >= 11 is 0. The van der Waals surface area contributed by atoms with E-state index in [0.717, 1.165) is 0 Å². The molecule has 1 fully saturated rings. The van der Waals surface area contributed by atoms with Crippen LogP contribution in [0.2, 0.25) is 0 Å². The van der Waals surface area contributed by atoms with Crippen LogP contribution in [0.15, 0.2) is 41.5 Å². The van der Waals surface area contributed by atoms with Crippen molar-refractivity contribution in [1.29, 1.82) is 0 Å². The van der Waals surface area contributed by atoms with Gasteiger partial charge in [0.05, 0.1) is 25.7 Å². The lowest BCUT2D eigenvalue weighted by Gasteiger charge is -2.42. The van der Waals surface area contributed by atoms with Gasteiger partial charge in [0, 0.05) is 40.5 Å². The van der Waals surface area contributed by atoms with E-state index < -0.39 is 66.6 Å². The van der Waals surface area contributed by atoms with Gasteiger partial charge in [0.15, 0.2) is 23.6 Å². The van der Waals surface area contributed by atoms with Crippen LogP contribution in [0.4, 0.5) is 0 Å². The van der Waals surface area contributed by atoms with Crippen LogP contribution in [0.1, 0.15) is 46.9 Å². The van der Waals surface area contributed by atoms with Crippen molar-refractivity contribution in [3.05, 3.63) is 52.6 Å². The van der Waals surface area contributed by atoms with E-state index in [1.807, 2.05) is 0 Å². The lowest BCUT2D eigenvalue weighted by atomic mass is 9.69. The average molecular weight is 548 g/mol. The summed E-state index contributed by atoms with van der Waals surface area (Å²) in [5.41, 5.74) is 2.21. The lowest BCUT2D eigenvalue weighted by Crippen LogP contribution is -3.00. The number of benzene rings is 2. The van der Waals surface area contributed by atoms with Crippen molar-refractivity contribution < 1.29 is 62.1 Å². The molecule has 204 valence electrons. The normalized spacial score (nSPS) is 30.9. The van der Waals surface area contributed by atoms with Gasteiger partial charge in [0.1, 0.15) is 30.1 Å². The molecule has 1 saturated heterocycles. The first kappa shape index (κ1) is 28.3. The minimum atomic E-state index is -2.10. The van der Waals surface area contributed by atoms with Gasteiger partial charge < -0.3 is 47.7 Å². The summed E-state index contributed by atoms with van der Waals surface area (Å²) in [6, 6.07) is 8.14. The van der Waals surface area contributed by atoms with Crippen LogP contribution < -0.4 is 22.9 Å². The van der Waals surface area contributed by atoms with Crippen LogP contribution in [0.25, 0.3) is 10.8 Å². The number of aliphatic hydroxyl groups is 3. The van der Waals surface area contributed by atoms with Crippen molar-refractivity contribution in [3.63, 3.8) is 0 Å². The Bertz CT molecular complexity index is 1330. The van der Waals surface area contributed by atoms with Crippen molar-refractivity contribution in [2.24, 2.45) is 0 Å². The molecule has 38 heavy (non-hydrogen) atoms. The average Bonchev–Trinajstić information content (AvgIpc) is 2.88. The van der Waals surface area contributed by atoms with Gasteiger partial charge >= 0.3 is 0 Å². The lowest BCUT2D eigenvalue weighted by molar-refractivity contribution is -0.466. The third-order valence-electron chi connectivity index (χ3n) is 7.65. The molecule has 1 heterocycles. The molecule has 6 atom stereocenters. The van der Waals surface area contributed by atoms with Crippen LogP contribution in [-0.2, 0) is 14.3 Å². The summed E-state index contributed by atoms with van der Waals surface area (Å²) in [6.45, 7) is 0.735. The summed E-state index contributed by atoms with van der Waals surface area (Å²) in [4.78, 5) is 40.2. The smallest absolute Gasteiger partial charge is 0.192 e. The molecule has 0 aromatic heterocycles.